The zero-order valence-corrected chi connectivity index (χ0v) is 18.4. The van der Waals surface area contributed by atoms with Crippen LogP contribution in [0.1, 0.15) is 21.7 Å². The van der Waals surface area contributed by atoms with Crippen molar-refractivity contribution in [3.8, 4) is 0 Å². The second kappa shape index (κ2) is 9.49. The van der Waals surface area contributed by atoms with Crippen molar-refractivity contribution in [2.45, 2.75) is 13.8 Å². The number of rotatable bonds is 6. The zero-order chi connectivity index (χ0) is 22.5. The Morgan fingerprint density at radius 1 is 0.781 bits per heavy atom. The highest BCUT2D eigenvalue weighted by Crippen LogP contribution is 2.26. The standard InChI is InChI=1S/C25H22ClN5O/c1-16-12-22(10-11-27-16)29-19-6-8-20(9-7-19)31-25(32)18-4-3-5-21(14-18)30-24-13-17(2)28-15-23(24)26/h3-15H,1-2H3,(H,27,29)(H,28,30)(H,31,32). The Kier molecular flexibility index (Phi) is 6.33. The maximum absolute atomic E-state index is 12.8. The normalized spacial score (nSPS) is 10.5. The van der Waals surface area contributed by atoms with Crippen molar-refractivity contribution >= 4 is 45.9 Å². The molecule has 0 radical (unpaired) electrons. The third kappa shape index (κ3) is 5.42. The zero-order valence-electron chi connectivity index (χ0n) is 17.7. The molecule has 0 aliphatic heterocycles. The molecule has 4 aromatic rings. The maximum Gasteiger partial charge on any atom is 0.255 e. The van der Waals surface area contributed by atoms with Crippen LogP contribution in [0.3, 0.4) is 0 Å². The van der Waals surface area contributed by atoms with E-state index < -0.39 is 0 Å². The number of hydrogen-bond donors (Lipinski definition) is 3. The van der Waals surface area contributed by atoms with Crippen LogP contribution in [0.2, 0.25) is 5.02 Å². The van der Waals surface area contributed by atoms with Crippen LogP contribution in [0, 0.1) is 13.8 Å². The van der Waals surface area contributed by atoms with Gasteiger partial charge < -0.3 is 16.0 Å². The molecule has 0 saturated heterocycles. The third-order valence-corrected chi connectivity index (χ3v) is 5.03. The number of aromatic nitrogens is 2. The number of hydrogen-bond acceptors (Lipinski definition) is 5. The summed E-state index contributed by atoms with van der Waals surface area (Å²) in [7, 11) is 0. The van der Waals surface area contributed by atoms with Gasteiger partial charge in [-0.2, -0.15) is 0 Å². The summed E-state index contributed by atoms with van der Waals surface area (Å²) in [5, 5.41) is 10.0. The van der Waals surface area contributed by atoms with E-state index in [9.17, 15) is 4.79 Å². The van der Waals surface area contributed by atoms with E-state index in [4.69, 9.17) is 11.6 Å². The van der Waals surface area contributed by atoms with Crippen LogP contribution >= 0.6 is 11.6 Å². The number of halogens is 1. The van der Waals surface area contributed by atoms with Gasteiger partial charge in [0.25, 0.3) is 5.91 Å². The van der Waals surface area contributed by atoms with Crippen LogP contribution in [0.4, 0.5) is 28.4 Å². The summed E-state index contributed by atoms with van der Waals surface area (Å²) < 4.78 is 0. The van der Waals surface area contributed by atoms with Gasteiger partial charge in [-0.15, -0.1) is 0 Å². The van der Waals surface area contributed by atoms with Crippen molar-refractivity contribution in [3.63, 3.8) is 0 Å². The summed E-state index contributed by atoms with van der Waals surface area (Å²) in [4.78, 5) is 21.1. The smallest absolute Gasteiger partial charge is 0.255 e. The number of anilines is 5. The molecule has 4 rings (SSSR count). The third-order valence-electron chi connectivity index (χ3n) is 4.72. The van der Waals surface area contributed by atoms with Crippen molar-refractivity contribution in [2.75, 3.05) is 16.0 Å². The highest BCUT2D eigenvalue weighted by Gasteiger charge is 2.09. The van der Waals surface area contributed by atoms with Gasteiger partial charge in [-0.1, -0.05) is 17.7 Å². The number of nitrogens with zero attached hydrogens (tertiary/aromatic N) is 2. The highest BCUT2D eigenvalue weighted by atomic mass is 35.5. The van der Waals surface area contributed by atoms with Gasteiger partial charge in [-0.25, -0.2) is 0 Å². The first kappa shape index (κ1) is 21.3. The van der Waals surface area contributed by atoms with Gasteiger partial charge in [0.05, 0.1) is 10.7 Å². The van der Waals surface area contributed by atoms with Crippen LogP contribution in [0.25, 0.3) is 0 Å². The van der Waals surface area contributed by atoms with E-state index in [1.54, 1.807) is 24.5 Å². The van der Waals surface area contributed by atoms with Crippen molar-refractivity contribution in [2.24, 2.45) is 0 Å². The van der Waals surface area contributed by atoms with Crippen molar-refractivity contribution in [3.05, 3.63) is 101 Å². The minimum Gasteiger partial charge on any atom is -0.355 e. The predicted molar refractivity (Wildman–Crippen MR) is 130 cm³/mol. The molecule has 0 spiro atoms. The molecule has 32 heavy (non-hydrogen) atoms. The fourth-order valence-corrected chi connectivity index (χ4v) is 3.31. The molecular formula is C25H22ClN5O. The van der Waals surface area contributed by atoms with E-state index in [0.29, 0.717) is 16.3 Å². The van der Waals surface area contributed by atoms with Crippen molar-refractivity contribution < 1.29 is 4.79 Å². The van der Waals surface area contributed by atoms with Gasteiger partial charge in [0, 0.05) is 52.1 Å². The largest absolute Gasteiger partial charge is 0.355 e. The Labute approximate surface area is 191 Å². The number of carbonyl (C=O) groups excluding carboxylic acids is 1. The molecule has 3 N–H and O–H groups in total. The first-order valence-electron chi connectivity index (χ1n) is 10.1. The Morgan fingerprint density at radius 3 is 2.28 bits per heavy atom. The Bertz CT molecular complexity index is 1260. The summed E-state index contributed by atoms with van der Waals surface area (Å²) in [6, 6.07) is 20.5. The second-order valence-electron chi connectivity index (χ2n) is 7.35. The minimum atomic E-state index is -0.198. The van der Waals surface area contributed by atoms with E-state index in [1.165, 1.54) is 0 Å². The fraction of sp³-hybridized carbons (Fsp3) is 0.0800. The molecule has 7 heteroatoms. The van der Waals surface area contributed by atoms with Gasteiger partial charge in [0.2, 0.25) is 0 Å². The first-order chi connectivity index (χ1) is 15.5. The first-order valence-corrected chi connectivity index (χ1v) is 10.4. The van der Waals surface area contributed by atoms with Crippen LogP contribution in [0.15, 0.2) is 79.1 Å². The monoisotopic (exact) mass is 443 g/mol. The van der Waals surface area contributed by atoms with E-state index in [0.717, 1.165) is 34.1 Å². The summed E-state index contributed by atoms with van der Waals surface area (Å²) in [5.74, 6) is -0.198. The van der Waals surface area contributed by atoms with E-state index >= 15 is 0 Å². The van der Waals surface area contributed by atoms with Gasteiger partial charge in [0.1, 0.15) is 0 Å². The molecule has 0 saturated carbocycles. The van der Waals surface area contributed by atoms with E-state index in [2.05, 4.69) is 25.9 Å². The van der Waals surface area contributed by atoms with Crippen molar-refractivity contribution in [1.29, 1.82) is 0 Å². The summed E-state index contributed by atoms with van der Waals surface area (Å²) in [5.41, 5.74) is 6.41. The topological polar surface area (TPSA) is 78.9 Å². The fourth-order valence-electron chi connectivity index (χ4n) is 3.16. The molecule has 0 aliphatic rings. The number of aryl methyl sites for hydroxylation is 2. The number of pyridine rings is 2. The molecule has 160 valence electrons. The highest BCUT2D eigenvalue weighted by molar-refractivity contribution is 6.33. The summed E-state index contributed by atoms with van der Waals surface area (Å²) >= 11 is 6.21. The quantitative estimate of drug-likeness (QED) is 0.317. The Balaban J connectivity index is 1.42. The second-order valence-corrected chi connectivity index (χ2v) is 7.76. The maximum atomic E-state index is 12.8. The Hall–Kier alpha value is -3.90. The molecule has 0 aliphatic carbocycles. The lowest BCUT2D eigenvalue weighted by molar-refractivity contribution is 0.102. The van der Waals surface area contributed by atoms with E-state index in [1.807, 2.05) is 68.4 Å². The van der Waals surface area contributed by atoms with Gasteiger partial charge >= 0.3 is 0 Å². The lowest BCUT2D eigenvalue weighted by atomic mass is 10.1. The molecule has 1 amide bonds. The summed E-state index contributed by atoms with van der Waals surface area (Å²) in [6.07, 6.45) is 3.36. The minimum absolute atomic E-state index is 0.198. The number of amides is 1. The van der Waals surface area contributed by atoms with Crippen LogP contribution in [0.5, 0.6) is 0 Å². The van der Waals surface area contributed by atoms with Gasteiger partial charge in [0.15, 0.2) is 0 Å². The molecule has 2 aromatic heterocycles. The average Bonchev–Trinajstić information content (AvgIpc) is 2.78. The molecule has 0 bridgehead atoms. The number of carbonyl (C=O) groups is 1. The SMILES string of the molecule is Cc1cc(Nc2ccc(NC(=O)c3cccc(Nc4cc(C)ncc4Cl)c3)cc2)ccn1. The molecule has 6 nitrogen and oxygen atoms in total. The van der Waals surface area contributed by atoms with Gasteiger partial charge in [-0.3, -0.25) is 14.8 Å². The molecule has 0 unspecified atom stereocenters. The van der Waals surface area contributed by atoms with Crippen LogP contribution in [-0.4, -0.2) is 15.9 Å². The molecule has 2 aromatic carbocycles. The van der Waals surface area contributed by atoms with E-state index in [-0.39, 0.29) is 5.91 Å². The van der Waals surface area contributed by atoms with Crippen molar-refractivity contribution in [1.82, 2.24) is 9.97 Å². The van der Waals surface area contributed by atoms with Crippen LogP contribution < -0.4 is 16.0 Å². The van der Waals surface area contributed by atoms with Gasteiger partial charge in [-0.05, 0) is 74.5 Å². The lowest BCUT2D eigenvalue weighted by Crippen LogP contribution is -2.12. The lowest BCUT2D eigenvalue weighted by Gasteiger charge is -2.11. The summed E-state index contributed by atoms with van der Waals surface area (Å²) in [6.45, 7) is 3.84. The molecule has 0 fully saturated rings. The number of nitrogens with one attached hydrogen (secondary N) is 3. The van der Waals surface area contributed by atoms with Crippen LogP contribution in [-0.2, 0) is 0 Å². The molecule has 0 atom stereocenters. The molecular weight excluding hydrogens is 422 g/mol. The predicted octanol–water partition coefficient (Wildman–Crippen LogP) is 6.49. The number of benzene rings is 2. The Morgan fingerprint density at radius 2 is 1.50 bits per heavy atom. The average molecular weight is 444 g/mol. The molecule has 2 heterocycles.